The van der Waals surface area contributed by atoms with Gasteiger partial charge < -0.3 is 5.32 Å². The quantitative estimate of drug-likeness (QED) is 0.797. The van der Waals surface area contributed by atoms with E-state index in [1.165, 1.54) is 11.6 Å². The Bertz CT molecular complexity index is 566. The molecule has 2 aromatic carbocycles. The Labute approximate surface area is 124 Å². The zero-order chi connectivity index (χ0) is 14.5. The summed E-state index contributed by atoms with van der Waals surface area (Å²) in [5.41, 5.74) is 3.24. The van der Waals surface area contributed by atoms with Crippen molar-refractivity contribution in [1.82, 2.24) is 5.32 Å². The summed E-state index contributed by atoms with van der Waals surface area (Å²) in [6.07, 6.45) is 1.05. The molecule has 20 heavy (non-hydrogen) atoms. The summed E-state index contributed by atoms with van der Waals surface area (Å²) in [6.45, 7) is 5.23. The van der Waals surface area contributed by atoms with Gasteiger partial charge in [0.1, 0.15) is 5.82 Å². The van der Waals surface area contributed by atoms with Crippen molar-refractivity contribution in [2.45, 2.75) is 26.3 Å². The molecule has 0 fully saturated rings. The van der Waals surface area contributed by atoms with Crippen LogP contribution in [0.1, 0.15) is 31.9 Å². The Hall–Kier alpha value is -1.38. The van der Waals surface area contributed by atoms with Crippen LogP contribution in [-0.2, 0) is 0 Å². The maximum Gasteiger partial charge on any atom is 0.141 e. The molecule has 1 N–H and O–H groups in total. The number of hydrogen-bond acceptors (Lipinski definition) is 1. The minimum atomic E-state index is -0.384. The zero-order valence-corrected chi connectivity index (χ0v) is 12.5. The molecule has 0 saturated carbocycles. The van der Waals surface area contributed by atoms with E-state index in [4.69, 9.17) is 11.6 Å². The van der Waals surface area contributed by atoms with Crippen LogP contribution < -0.4 is 5.32 Å². The predicted molar refractivity (Wildman–Crippen MR) is 83.6 cm³/mol. The summed E-state index contributed by atoms with van der Waals surface area (Å²) in [4.78, 5) is 0. The molecule has 0 aliphatic rings. The third kappa shape index (κ3) is 3.38. The van der Waals surface area contributed by atoms with Crippen LogP contribution in [0.3, 0.4) is 0 Å². The van der Waals surface area contributed by atoms with Gasteiger partial charge in [-0.05, 0) is 41.8 Å². The van der Waals surface area contributed by atoms with Crippen molar-refractivity contribution >= 4 is 11.6 Å². The van der Waals surface area contributed by atoms with Crippen molar-refractivity contribution in [3.63, 3.8) is 0 Å². The fourth-order valence-corrected chi connectivity index (χ4v) is 2.51. The summed E-state index contributed by atoms with van der Waals surface area (Å²) in [6, 6.07) is 13.5. The molecule has 0 heterocycles. The number of nitrogens with one attached hydrogen (secondary N) is 1. The zero-order valence-electron chi connectivity index (χ0n) is 11.8. The lowest BCUT2D eigenvalue weighted by molar-refractivity contribution is 0.537. The highest BCUT2D eigenvalue weighted by Gasteiger charge is 2.08. The van der Waals surface area contributed by atoms with Crippen LogP contribution >= 0.6 is 11.6 Å². The Morgan fingerprint density at radius 2 is 1.70 bits per heavy atom. The minimum Gasteiger partial charge on any atom is -0.310 e. The van der Waals surface area contributed by atoms with Crippen LogP contribution in [0.5, 0.6) is 0 Å². The second-order valence-corrected chi connectivity index (χ2v) is 5.18. The first-order chi connectivity index (χ1) is 9.65. The van der Waals surface area contributed by atoms with Crippen molar-refractivity contribution in [2.24, 2.45) is 0 Å². The van der Waals surface area contributed by atoms with Crippen LogP contribution in [0.4, 0.5) is 4.39 Å². The molecule has 0 amide bonds. The molecule has 106 valence electrons. The van der Waals surface area contributed by atoms with Crippen molar-refractivity contribution in [2.75, 3.05) is 6.54 Å². The van der Waals surface area contributed by atoms with Gasteiger partial charge in [0.2, 0.25) is 0 Å². The maximum absolute atomic E-state index is 13.2. The van der Waals surface area contributed by atoms with E-state index in [0.29, 0.717) is 6.04 Å². The molecule has 1 nitrogen and oxygen atoms in total. The van der Waals surface area contributed by atoms with Crippen LogP contribution in [-0.4, -0.2) is 6.54 Å². The molecule has 0 saturated heterocycles. The highest BCUT2D eigenvalue weighted by Crippen LogP contribution is 2.26. The van der Waals surface area contributed by atoms with Crippen molar-refractivity contribution in [1.29, 1.82) is 0 Å². The summed E-state index contributed by atoms with van der Waals surface area (Å²) in [7, 11) is 0. The number of benzene rings is 2. The average Bonchev–Trinajstić information content (AvgIpc) is 2.48. The van der Waals surface area contributed by atoms with Crippen LogP contribution in [0, 0.1) is 5.82 Å². The Kier molecular flexibility index (Phi) is 5.16. The average molecular weight is 292 g/mol. The van der Waals surface area contributed by atoms with Gasteiger partial charge in [0.05, 0.1) is 5.02 Å². The standard InChI is InChI=1S/C17H19ClFN/c1-3-17(20-4-2)13-7-5-12(6-8-13)14-9-10-16(19)15(18)11-14/h5-11,17,20H,3-4H2,1-2H3. The minimum absolute atomic E-state index is 0.158. The fourth-order valence-electron chi connectivity index (χ4n) is 2.33. The molecule has 0 aliphatic carbocycles. The first-order valence-corrected chi connectivity index (χ1v) is 7.32. The molecule has 0 bridgehead atoms. The van der Waals surface area contributed by atoms with Gasteiger partial charge in [0.25, 0.3) is 0 Å². The molecule has 1 atom stereocenters. The first-order valence-electron chi connectivity index (χ1n) is 6.94. The lowest BCUT2D eigenvalue weighted by Crippen LogP contribution is -2.19. The Balaban J connectivity index is 2.25. The van der Waals surface area contributed by atoms with Gasteiger partial charge in [-0.15, -0.1) is 0 Å². The van der Waals surface area contributed by atoms with Crippen molar-refractivity contribution < 1.29 is 4.39 Å². The van der Waals surface area contributed by atoms with Gasteiger partial charge in [-0.3, -0.25) is 0 Å². The van der Waals surface area contributed by atoms with Crippen LogP contribution in [0.25, 0.3) is 11.1 Å². The smallest absolute Gasteiger partial charge is 0.141 e. The van der Waals surface area contributed by atoms with Gasteiger partial charge in [0, 0.05) is 6.04 Å². The topological polar surface area (TPSA) is 12.0 Å². The monoisotopic (exact) mass is 291 g/mol. The summed E-state index contributed by atoms with van der Waals surface area (Å²) >= 11 is 5.82. The fraction of sp³-hybridized carbons (Fsp3) is 0.294. The summed E-state index contributed by atoms with van der Waals surface area (Å²) in [5, 5.41) is 3.61. The SMILES string of the molecule is CCNC(CC)c1ccc(-c2ccc(F)c(Cl)c2)cc1. The Morgan fingerprint density at radius 3 is 2.25 bits per heavy atom. The summed E-state index contributed by atoms with van der Waals surface area (Å²) < 4.78 is 13.2. The molecule has 2 rings (SSSR count). The molecule has 1 unspecified atom stereocenters. The van der Waals surface area contributed by atoms with E-state index in [9.17, 15) is 4.39 Å². The maximum atomic E-state index is 13.2. The lowest BCUT2D eigenvalue weighted by atomic mass is 9.99. The number of rotatable bonds is 5. The highest BCUT2D eigenvalue weighted by molar-refractivity contribution is 6.31. The van der Waals surface area contributed by atoms with Gasteiger partial charge in [-0.25, -0.2) is 4.39 Å². The van der Waals surface area contributed by atoms with Crippen LogP contribution in [0.2, 0.25) is 5.02 Å². The molecular formula is C17H19ClFN. The largest absolute Gasteiger partial charge is 0.310 e. The summed E-state index contributed by atoms with van der Waals surface area (Å²) in [5.74, 6) is -0.384. The number of halogens is 2. The van der Waals surface area contributed by atoms with E-state index in [1.54, 1.807) is 12.1 Å². The molecule has 3 heteroatoms. The Morgan fingerprint density at radius 1 is 1.05 bits per heavy atom. The van der Waals surface area contributed by atoms with E-state index in [0.717, 1.165) is 24.1 Å². The highest BCUT2D eigenvalue weighted by atomic mass is 35.5. The van der Waals surface area contributed by atoms with E-state index in [1.807, 2.05) is 0 Å². The normalized spacial score (nSPS) is 12.4. The van der Waals surface area contributed by atoms with Gasteiger partial charge >= 0.3 is 0 Å². The third-order valence-corrected chi connectivity index (χ3v) is 3.71. The molecular weight excluding hydrogens is 273 g/mol. The molecule has 0 aromatic heterocycles. The molecule has 0 radical (unpaired) electrons. The van der Waals surface area contributed by atoms with Crippen molar-refractivity contribution in [3.05, 3.63) is 58.9 Å². The van der Waals surface area contributed by atoms with E-state index in [-0.39, 0.29) is 10.8 Å². The van der Waals surface area contributed by atoms with Crippen LogP contribution in [0.15, 0.2) is 42.5 Å². The van der Waals surface area contributed by atoms with Gasteiger partial charge in [0.15, 0.2) is 0 Å². The number of hydrogen-bond donors (Lipinski definition) is 1. The van der Waals surface area contributed by atoms with E-state index >= 15 is 0 Å². The van der Waals surface area contributed by atoms with E-state index < -0.39 is 0 Å². The second kappa shape index (κ2) is 6.87. The van der Waals surface area contributed by atoms with Gasteiger partial charge in [-0.2, -0.15) is 0 Å². The lowest BCUT2D eigenvalue weighted by Gasteiger charge is -2.16. The van der Waals surface area contributed by atoms with Gasteiger partial charge in [-0.1, -0.05) is 55.8 Å². The first kappa shape index (κ1) is 15.0. The third-order valence-electron chi connectivity index (χ3n) is 3.42. The van der Waals surface area contributed by atoms with Crippen molar-refractivity contribution in [3.8, 4) is 11.1 Å². The second-order valence-electron chi connectivity index (χ2n) is 4.77. The molecule has 0 spiro atoms. The molecule has 2 aromatic rings. The predicted octanol–water partition coefficient (Wildman–Crippen LogP) is 5.21. The van der Waals surface area contributed by atoms with E-state index in [2.05, 4.69) is 43.4 Å². The molecule has 0 aliphatic heterocycles.